The summed E-state index contributed by atoms with van der Waals surface area (Å²) in [6.07, 6.45) is 0. The van der Waals surface area contributed by atoms with Crippen molar-refractivity contribution in [2.45, 2.75) is 11.8 Å². The van der Waals surface area contributed by atoms with E-state index in [2.05, 4.69) is 11.3 Å². The molecule has 0 fully saturated rings. The number of benzene rings is 1. The zero-order valence-electron chi connectivity index (χ0n) is 8.64. The van der Waals surface area contributed by atoms with Gasteiger partial charge in [-0.2, -0.15) is 0 Å². The van der Waals surface area contributed by atoms with Crippen molar-refractivity contribution < 1.29 is 17.9 Å². The van der Waals surface area contributed by atoms with Crippen molar-refractivity contribution in [1.29, 1.82) is 0 Å². The van der Waals surface area contributed by atoms with Crippen molar-refractivity contribution in [3.05, 3.63) is 42.8 Å². The summed E-state index contributed by atoms with van der Waals surface area (Å²) in [5.74, 6) is -0.961. The minimum atomic E-state index is -3.73. The van der Waals surface area contributed by atoms with Crippen molar-refractivity contribution in [1.82, 2.24) is 4.72 Å². The van der Waals surface area contributed by atoms with Gasteiger partial charge in [0.2, 0.25) is 5.88 Å². The zero-order valence-corrected chi connectivity index (χ0v) is 9.45. The Morgan fingerprint density at radius 3 is 2.38 bits per heavy atom. The van der Waals surface area contributed by atoms with Gasteiger partial charge in [0.05, 0.1) is 4.90 Å². The van der Waals surface area contributed by atoms with Gasteiger partial charge in [0.15, 0.2) is 0 Å². The predicted molar refractivity (Wildman–Crippen MR) is 57.7 cm³/mol. The number of rotatable bonds is 4. The molecular formula is C10H11NO4S. The van der Waals surface area contributed by atoms with E-state index in [1.807, 2.05) is 4.72 Å². The molecule has 0 amide bonds. The van der Waals surface area contributed by atoms with Crippen LogP contribution < -0.4 is 4.72 Å². The smallest absolute Gasteiger partial charge is 0.309 e. The maximum atomic E-state index is 11.7. The molecule has 0 saturated carbocycles. The second-order valence-corrected chi connectivity index (χ2v) is 4.62. The van der Waals surface area contributed by atoms with E-state index >= 15 is 0 Å². The van der Waals surface area contributed by atoms with E-state index in [0.29, 0.717) is 0 Å². The summed E-state index contributed by atoms with van der Waals surface area (Å²) < 4.78 is 29.8. The van der Waals surface area contributed by atoms with Crippen LogP contribution in [0.4, 0.5) is 0 Å². The van der Waals surface area contributed by atoms with Crippen molar-refractivity contribution in [2.75, 3.05) is 0 Å². The lowest BCUT2D eigenvalue weighted by Gasteiger charge is -2.09. The number of hydrogen-bond donors (Lipinski definition) is 1. The Balaban J connectivity index is 2.81. The van der Waals surface area contributed by atoms with Gasteiger partial charge in [-0.1, -0.05) is 18.2 Å². The Bertz CT molecular complexity index is 493. The second kappa shape index (κ2) is 4.80. The van der Waals surface area contributed by atoms with Crippen LogP contribution in [0.5, 0.6) is 0 Å². The van der Waals surface area contributed by atoms with Crippen LogP contribution in [0.3, 0.4) is 0 Å². The van der Waals surface area contributed by atoms with Crippen molar-refractivity contribution in [3.8, 4) is 0 Å². The molecule has 0 aliphatic rings. The van der Waals surface area contributed by atoms with Gasteiger partial charge in [0.1, 0.15) is 0 Å². The number of hydrogen-bond acceptors (Lipinski definition) is 4. The second-order valence-electron chi connectivity index (χ2n) is 2.94. The van der Waals surface area contributed by atoms with Crippen LogP contribution in [0.2, 0.25) is 0 Å². The van der Waals surface area contributed by atoms with E-state index in [9.17, 15) is 13.2 Å². The molecule has 1 rings (SSSR count). The Hall–Kier alpha value is -1.82. The third-order valence-electron chi connectivity index (χ3n) is 1.57. The van der Waals surface area contributed by atoms with Gasteiger partial charge in [-0.05, 0) is 18.7 Å². The summed E-state index contributed by atoms with van der Waals surface area (Å²) >= 11 is 0. The quantitative estimate of drug-likeness (QED) is 0.630. The van der Waals surface area contributed by atoms with E-state index in [0.717, 1.165) is 6.92 Å². The molecule has 1 N–H and O–H groups in total. The molecule has 0 atom stereocenters. The third kappa shape index (κ3) is 3.39. The summed E-state index contributed by atoms with van der Waals surface area (Å²) in [4.78, 5) is 10.6. The molecule has 0 bridgehead atoms. The highest BCUT2D eigenvalue weighted by Crippen LogP contribution is 2.08. The van der Waals surface area contributed by atoms with E-state index in [1.54, 1.807) is 18.2 Å². The number of esters is 1. The van der Waals surface area contributed by atoms with Crippen molar-refractivity contribution in [2.24, 2.45) is 0 Å². The Morgan fingerprint density at radius 1 is 1.31 bits per heavy atom. The minimum Gasteiger partial charge on any atom is -0.410 e. The van der Waals surface area contributed by atoms with Gasteiger partial charge in [-0.3, -0.25) is 4.79 Å². The fourth-order valence-electron chi connectivity index (χ4n) is 1.00. The van der Waals surface area contributed by atoms with Crippen molar-refractivity contribution >= 4 is 16.0 Å². The first-order valence-corrected chi connectivity index (χ1v) is 5.85. The molecule has 86 valence electrons. The highest BCUT2D eigenvalue weighted by molar-refractivity contribution is 7.89. The number of carbonyl (C=O) groups excluding carboxylic acids is 1. The van der Waals surface area contributed by atoms with Gasteiger partial charge in [0.25, 0.3) is 10.0 Å². The van der Waals surface area contributed by atoms with Crippen LogP contribution in [0.1, 0.15) is 6.92 Å². The number of nitrogens with one attached hydrogen (secondary N) is 1. The Labute approximate surface area is 93.8 Å². The lowest BCUT2D eigenvalue weighted by atomic mass is 10.4. The molecule has 0 heterocycles. The summed E-state index contributed by atoms with van der Waals surface area (Å²) in [7, 11) is -3.73. The average Bonchev–Trinajstić information content (AvgIpc) is 2.16. The number of ether oxygens (including phenoxy) is 1. The molecule has 6 heteroatoms. The summed E-state index contributed by atoms with van der Waals surface area (Å²) in [6, 6.07) is 7.71. The fraction of sp³-hybridized carbons (Fsp3) is 0.100. The van der Waals surface area contributed by atoms with Gasteiger partial charge in [0, 0.05) is 6.92 Å². The lowest BCUT2D eigenvalue weighted by Crippen LogP contribution is -2.24. The molecule has 0 aliphatic carbocycles. The SMILES string of the molecule is C=C(NS(=O)(=O)c1ccccc1)OC(C)=O. The zero-order chi connectivity index (χ0) is 12.2. The minimum absolute atomic E-state index is 0.0725. The highest BCUT2D eigenvalue weighted by atomic mass is 32.2. The normalized spacial score (nSPS) is 10.6. The van der Waals surface area contributed by atoms with E-state index in [1.165, 1.54) is 12.1 Å². The molecule has 0 aliphatic heterocycles. The van der Waals surface area contributed by atoms with Crippen LogP contribution in [0, 0.1) is 0 Å². The van der Waals surface area contributed by atoms with E-state index in [-0.39, 0.29) is 10.8 Å². The first-order chi connectivity index (χ1) is 7.42. The molecule has 1 aromatic rings. The lowest BCUT2D eigenvalue weighted by molar-refractivity contribution is -0.137. The average molecular weight is 241 g/mol. The molecule has 0 unspecified atom stereocenters. The summed E-state index contributed by atoms with van der Waals surface area (Å²) in [5.41, 5.74) is 0. The van der Waals surface area contributed by atoms with Crippen LogP contribution in [0.15, 0.2) is 47.7 Å². The highest BCUT2D eigenvalue weighted by Gasteiger charge is 2.15. The molecule has 0 spiro atoms. The van der Waals surface area contributed by atoms with Gasteiger partial charge < -0.3 is 4.74 Å². The van der Waals surface area contributed by atoms with Gasteiger partial charge >= 0.3 is 5.97 Å². The van der Waals surface area contributed by atoms with Gasteiger partial charge in [-0.15, -0.1) is 0 Å². The monoisotopic (exact) mass is 241 g/mol. The molecule has 1 aromatic carbocycles. The molecular weight excluding hydrogens is 230 g/mol. The first kappa shape index (κ1) is 12.3. The van der Waals surface area contributed by atoms with Gasteiger partial charge in [-0.25, -0.2) is 13.1 Å². The summed E-state index contributed by atoms with van der Waals surface area (Å²) in [5, 5.41) is 0. The fourth-order valence-corrected chi connectivity index (χ4v) is 1.98. The molecule has 0 saturated heterocycles. The number of sulfonamides is 1. The van der Waals surface area contributed by atoms with E-state index in [4.69, 9.17) is 0 Å². The van der Waals surface area contributed by atoms with Crippen LogP contribution in [-0.4, -0.2) is 14.4 Å². The topological polar surface area (TPSA) is 72.5 Å². The van der Waals surface area contributed by atoms with Crippen molar-refractivity contribution in [3.63, 3.8) is 0 Å². The van der Waals surface area contributed by atoms with Crippen LogP contribution >= 0.6 is 0 Å². The third-order valence-corrected chi connectivity index (χ3v) is 2.96. The number of carbonyl (C=O) groups is 1. The predicted octanol–water partition coefficient (Wildman–Crippen LogP) is 0.999. The Kier molecular flexibility index (Phi) is 3.68. The molecule has 0 radical (unpaired) electrons. The molecule has 16 heavy (non-hydrogen) atoms. The largest absolute Gasteiger partial charge is 0.410 e. The molecule has 0 aromatic heterocycles. The van der Waals surface area contributed by atoms with Crippen LogP contribution in [-0.2, 0) is 19.6 Å². The van der Waals surface area contributed by atoms with Crippen LogP contribution in [0.25, 0.3) is 0 Å². The van der Waals surface area contributed by atoms with E-state index < -0.39 is 16.0 Å². The standard InChI is InChI=1S/C10H11NO4S/c1-8(15-9(2)12)11-16(13,14)10-6-4-3-5-7-10/h3-7,11H,1H2,2H3. The summed E-state index contributed by atoms with van der Waals surface area (Å²) in [6.45, 7) is 4.43. The maximum Gasteiger partial charge on any atom is 0.309 e. The maximum absolute atomic E-state index is 11.7. The Morgan fingerprint density at radius 2 is 1.88 bits per heavy atom. The molecule has 5 nitrogen and oxygen atoms in total. The first-order valence-electron chi connectivity index (χ1n) is 4.37.